The number of amides is 2. The Bertz CT molecular complexity index is 397. The minimum absolute atomic E-state index is 0.0151. The van der Waals surface area contributed by atoms with E-state index in [4.69, 9.17) is 5.11 Å². The monoisotopic (exact) mass is 279 g/mol. The first-order valence-corrected chi connectivity index (χ1v) is 7.18. The number of hydrogen-bond acceptors (Lipinski definition) is 3. The summed E-state index contributed by atoms with van der Waals surface area (Å²) in [4.78, 5) is 18.2. The minimum atomic E-state index is -0.0747. The van der Waals surface area contributed by atoms with Crippen LogP contribution in [-0.4, -0.2) is 40.2 Å². The number of aromatic nitrogens is 1. The van der Waals surface area contributed by atoms with Crippen molar-refractivity contribution in [3.8, 4) is 0 Å². The standard InChI is InChI=1S/C15H25N3O2/c1-4-18(13(3)14-8-5-9-16-11-14)15(20)17-12(2)7-6-10-19/h5,8-9,11-13,19H,4,6-7,10H2,1-3H3,(H,17,20). The van der Waals surface area contributed by atoms with Crippen molar-refractivity contribution >= 4 is 6.03 Å². The fraction of sp³-hybridized carbons (Fsp3) is 0.600. The van der Waals surface area contributed by atoms with Crippen LogP contribution >= 0.6 is 0 Å². The predicted molar refractivity (Wildman–Crippen MR) is 79.3 cm³/mol. The van der Waals surface area contributed by atoms with E-state index in [0.717, 1.165) is 12.0 Å². The molecule has 0 aliphatic carbocycles. The molecule has 112 valence electrons. The first kappa shape index (κ1) is 16.4. The molecule has 0 saturated carbocycles. The molecule has 5 heteroatoms. The van der Waals surface area contributed by atoms with E-state index in [1.807, 2.05) is 32.9 Å². The van der Waals surface area contributed by atoms with Crippen LogP contribution in [0.25, 0.3) is 0 Å². The molecule has 0 fully saturated rings. The van der Waals surface area contributed by atoms with Crippen LogP contribution in [0.4, 0.5) is 4.79 Å². The fourth-order valence-electron chi connectivity index (χ4n) is 2.16. The van der Waals surface area contributed by atoms with Crippen molar-refractivity contribution in [2.45, 2.75) is 45.7 Å². The second-order valence-electron chi connectivity index (χ2n) is 4.96. The van der Waals surface area contributed by atoms with Gasteiger partial charge in [0.2, 0.25) is 0 Å². The fourth-order valence-corrected chi connectivity index (χ4v) is 2.16. The van der Waals surface area contributed by atoms with Gasteiger partial charge in [0.15, 0.2) is 0 Å². The van der Waals surface area contributed by atoms with Crippen LogP contribution in [0.2, 0.25) is 0 Å². The van der Waals surface area contributed by atoms with E-state index in [9.17, 15) is 4.79 Å². The van der Waals surface area contributed by atoms with Crippen LogP contribution in [0.5, 0.6) is 0 Å². The van der Waals surface area contributed by atoms with Crippen molar-refractivity contribution in [1.29, 1.82) is 0 Å². The number of urea groups is 1. The normalized spacial score (nSPS) is 13.6. The Balaban J connectivity index is 2.63. The van der Waals surface area contributed by atoms with E-state index in [1.54, 1.807) is 17.3 Å². The summed E-state index contributed by atoms with van der Waals surface area (Å²) >= 11 is 0. The third-order valence-corrected chi connectivity index (χ3v) is 3.40. The molecule has 20 heavy (non-hydrogen) atoms. The molecule has 2 unspecified atom stereocenters. The zero-order chi connectivity index (χ0) is 15.0. The molecular weight excluding hydrogens is 254 g/mol. The van der Waals surface area contributed by atoms with Crippen LogP contribution in [0.3, 0.4) is 0 Å². The number of nitrogens with one attached hydrogen (secondary N) is 1. The van der Waals surface area contributed by atoms with Crippen LogP contribution in [0, 0.1) is 0 Å². The summed E-state index contributed by atoms with van der Waals surface area (Å²) in [6.45, 7) is 6.71. The lowest BCUT2D eigenvalue weighted by atomic mass is 10.1. The third kappa shape index (κ3) is 4.81. The molecule has 5 nitrogen and oxygen atoms in total. The highest BCUT2D eigenvalue weighted by Crippen LogP contribution is 2.19. The van der Waals surface area contributed by atoms with Gasteiger partial charge in [-0.1, -0.05) is 6.07 Å². The van der Waals surface area contributed by atoms with Crippen LogP contribution in [-0.2, 0) is 0 Å². The molecule has 0 bridgehead atoms. The van der Waals surface area contributed by atoms with Gasteiger partial charge in [-0.05, 0) is 45.2 Å². The molecule has 2 amide bonds. The van der Waals surface area contributed by atoms with Crippen LogP contribution in [0.1, 0.15) is 45.2 Å². The van der Waals surface area contributed by atoms with Gasteiger partial charge in [0.1, 0.15) is 0 Å². The second kappa shape index (κ2) is 8.53. The lowest BCUT2D eigenvalue weighted by Crippen LogP contribution is -2.44. The van der Waals surface area contributed by atoms with Crippen molar-refractivity contribution < 1.29 is 9.90 Å². The van der Waals surface area contributed by atoms with Gasteiger partial charge in [0.05, 0.1) is 6.04 Å². The highest BCUT2D eigenvalue weighted by atomic mass is 16.3. The van der Waals surface area contributed by atoms with Gasteiger partial charge in [-0.25, -0.2) is 4.79 Å². The Kier molecular flexibility index (Phi) is 7.01. The van der Waals surface area contributed by atoms with Gasteiger partial charge in [-0.2, -0.15) is 0 Å². The molecule has 1 aromatic rings. The molecule has 0 aliphatic rings. The summed E-state index contributed by atoms with van der Waals surface area (Å²) in [6.07, 6.45) is 4.99. The van der Waals surface area contributed by atoms with Gasteiger partial charge in [-0.3, -0.25) is 4.98 Å². The minimum Gasteiger partial charge on any atom is -0.396 e. The Morgan fingerprint density at radius 1 is 1.50 bits per heavy atom. The third-order valence-electron chi connectivity index (χ3n) is 3.40. The molecule has 0 aromatic carbocycles. The number of pyridine rings is 1. The highest BCUT2D eigenvalue weighted by molar-refractivity contribution is 5.75. The summed E-state index contributed by atoms with van der Waals surface area (Å²) in [5.41, 5.74) is 1.02. The van der Waals surface area contributed by atoms with E-state index in [2.05, 4.69) is 10.3 Å². The zero-order valence-electron chi connectivity index (χ0n) is 12.5. The van der Waals surface area contributed by atoms with E-state index in [0.29, 0.717) is 13.0 Å². The van der Waals surface area contributed by atoms with Crippen molar-refractivity contribution in [3.05, 3.63) is 30.1 Å². The first-order valence-electron chi connectivity index (χ1n) is 7.18. The molecule has 1 heterocycles. The second-order valence-corrected chi connectivity index (χ2v) is 4.96. The number of aliphatic hydroxyl groups excluding tert-OH is 1. The number of carbonyl (C=O) groups is 1. The van der Waals surface area contributed by atoms with Crippen molar-refractivity contribution in [1.82, 2.24) is 15.2 Å². The Morgan fingerprint density at radius 3 is 2.80 bits per heavy atom. The van der Waals surface area contributed by atoms with Gasteiger partial charge in [-0.15, -0.1) is 0 Å². The SMILES string of the molecule is CCN(C(=O)NC(C)CCCO)C(C)c1cccnc1. The Morgan fingerprint density at radius 2 is 2.25 bits per heavy atom. The average Bonchev–Trinajstić information content (AvgIpc) is 2.46. The maximum atomic E-state index is 12.3. The quantitative estimate of drug-likeness (QED) is 0.805. The predicted octanol–water partition coefficient (Wildman–Crippen LogP) is 2.34. The number of hydrogen-bond donors (Lipinski definition) is 2. The topological polar surface area (TPSA) is 65.5 Å². The van der Waals surface area contributed by atoms with Crippen LogP contribution < -0.4 is 5.32 Å². The number of rotatable bonds is 7. The molecule has 1 aromatic heterocycles. The highest BCUT2D eigenvalue weighted by Gasteiger charge is 2.21. The molecule has 0 spiro atoms. The molecular formula is C15H25N3O2. The van der Waals surface area contributed by atoms with E-state index < -0.39 is 0 Å². The van der Waals surface area contributed by atoms with Gasteiger partial charge >= 0.3 is 6.03 Å². The number of carbonyl (C=O) groups excluding carboxylic acids is 1. The average molecular weight is 279 g/mol. The lowest BCUT2D eigenvalue weighted by Gasteiger charge is -2.29. The molecule has 1 rings (SSSR count). The smallest absolute Gasteiger partial charge is 0.318 e. The summed E-state index contributed by atoms with van der Waals surface area (Å²) in [6, 6.07) is 3.82. The van der Waals surface area contributed by atoms with Crippen molar-refractivity contribution in [2.24, 2.45) is 0 Å². The van der Waals surface area contributed by atoms with Crippen LogP contribution in [0.15, 0.2) is 24.5 Å². The van der Waals surface area contributed by atoms with Crippen molar-refractivity contribution in [2.75, 3.05) is 13.2 Å². The molecule has 0 saturated heterocycles. The Hall–Kier alpha value is -1.62. The van der Waals surface area contributed by atoms with Gasteiger partial charge in [0, 0.05) is 31.6 Å². The van der Waals surface area contributed by atoms with E-state index in [1.165, 1.54) is 0 Å². The molecule has 2 atom stereocenters. The lowest BCUT2D eigenvalue weighted by molar-refractivity contribution is 0.178. The summed E-state index contributed by atoms with van der Waals surface area (Å²) in [5.74, 6) is 0. The van der Waals surface area contributed by atoms with E-state index in [-0.39, 0.29) is 24.7 Å². The molecule has 0 radical (unpaired) electrons. The van der Waals surface area contributed by atoms with Gasteiger partial charge < -0.3 is 15.3 Å². The zero-order valence-corrected chi connectivity index (χ0v) is 12.5. The summed E-state index contributed by atoms with van der Waals surface area (Å²) < 4.78 is 0. The summed E-state index contributed by atoms with van der Waals surface area (Å²) in [5, 5.41) is 11.8. The first-order chi connectivity index (χ1) is 9.60. The Labute approximate surface area is 121 Å². The maximum Gasteiger partial charge on any atom is 0.318 e. The van der Waals surface area contributed by atoms with Gasteiger partial charge in [0.25, 0.3) is 0 Å². The number of nitrogens with zero attached hydrogens (tertiary/aromatic N) is 2. The maximum absolute atomic E-state index is 12.3. The largest absolute Gasteiger partial charge is 0.396 e. The number of aliphatic hydroxyl groups is 1. The molecule has 2 N–H and O–H groups in total. The molecule has 0 aliphatic heterocycles. The van der Waals surface area contributed by atoms with Crippen molar-refractivity contribution in [3.63, 3.8) is 0 Å². The van der Waals surface area contributed by atoms with E-state index >= 15 is 0 Å². The summed E-state index contributed by atoms with van der Waals surface area (Å²) in [7, 11) is 0.